The zero-order chi connectivity index (χ0) is 17.1. The smallest absolute Gasteiger partial charge is 0.283 e. The Morgan fingerprint density at radius 1 is 1.17 bits per heavy atom. The Balaban J connectivity index is 1.66. The van der Waals surface area contributed by atoms with Gasteiger partial charge in [-0.15, -0.1) is 0 Å². The number of nitrogens with zero attached hydrogens (tertiary/aromatic N) is 2. The van der Waals surface area contributed by atoms with Crippen LogP contribution in [0.15, 0.2) is 48.7 Å². The molecule has 2 aromatic rings. The van der Waals surface area contributed by atoms with E-state index in [0.717, 1.165) is 4.90 Å². The first-order chi connectivity index (χ1) is 11.6. The van der Waals surface area contributed by atoms with Crippen LogP contribution in [0, 0.1) is 0 Å². The number of hydrogen-bond donors (Lipinski definition) is 2. The first-order valence-corrected chi connectivity index (χ1v) is 7.53. The highest BCUT2D eigenvalue weighted by Crippen LogP contribution is 2.24. The van der Waals surface area contributed by atoms with Crippen LogP contribution in [-0.2, 0) is 9.59 Å². The van der Waals surface area contributed by atoms with E-state index in [1.165, 1.54) is 6.20 Å². The molecule has 1 atom stereocenters. The Morgan fingerprint density at radius 3 is 2.58 bits per heavy atom. The third-order valence-corrected chi connectivity index (χ3v) is 3.74. The highest BCUT2D eigenvalue weighted by atomic mass is 35.5. The number of pyridine rings is 1. The summed E-state index contributed by atoms with van der Waals surface area (Å²) in [7, 11) is 0. The molecule has 0 spiro atoms. The Labute approximate surface area is 142 Å². The predicted octanol–water partition coefficient (Wildman–Crippen LogP) is 1.30. The molecule has 8 heteroatoms. The molecule has 1 aromatic heterocycles. The standard InChI is InChI=1S/C16H13ClN4O3/c17-10-4-6-11(7-5-10)21-14(22)9-13(16(21)24)19-20-15(23)12-3-1-2-8-18-12/h1-8,13,19H,9H2,(H,20,23)/t13-/m0/s1. The van der Waals surface area contributed by atoms with Crippen LogP contribution in [0.2, 0.25) is 5.02 Å². The Morgan fingerprint density at radius 2 is 1.92 bits per heavy atom. The maximum atomic E-state index is 12.4. The summed E-state index contributed by atoms with van der Waals surface area (Å²) in [6, 6.07) is 10.4. The maximum absolute atomic E-state index is 12.4. The van der Waals surface area contributed by atoms with Gasteiger partial charge in [-0.05, 0) is 36.4 Å². The predicted molar refractivity (Wildman–Crippen MR) is 87.2 cm³/mol. The molecule has 3 rings (SSSR count). The van der Waals surface area contributed by atoms with E-state index >= 15 is 0 Å². The Bertz CT molecular complexity index is 780. The summed E-state index contributed by atoms with van der Waals surface area (Å²) in [4.78, 5) is 41.4. The van der Waals surface area contributed by atoms with Crippen molar-refractivity contribution in [1.29, 1.82) is 0 Å². The van der Waals surface area contributed by atoms with Crippen LogP contribution in [0.3, 0.4) is 0 Å². The summed E-state index contributed by atoms with van der Waals surface area (Å²) in [6.45, 7) is 0. The highest BCUT2D eigenvalue weighted by Gasteiger charge is 2.39. The molecular formula is C16H13ClN4O3. The number of rotatable bonds is 4. The molecule has 0 aliphatic carbocycles. The summed E-state index contributed by atoms with van der Waals surface area (Å²) in [5.41, 5.74) is 5.64. The molecule has 1 fully saturated rings. The molecule has 1 aliphatic rings. The second-order valence-electron chi connectivity index (χ2n) is 5.11. The van der Waals surface area contributed by atoms with E-state index in [1.807, 2.05) is 0 Å². The van der Waals surface area contributed by atoms with Gasteiger partial charge in [0.1, 0.15) is 11.7 Å². The fourth-order valence-electron chi connectivity index (χ4n) is 2.32. The number of carbonyl (C=O) groups is 3. The van der Waals surface area contributed by atoms with E-state index in [9.17, 15) is 14.4 Å². The van der Waals surface area contributed by atoms with Gasteiger partial charge in [-0.1, -0.05) is 17.7 Å². The van der Waals surface area contributed by atoms with Gasteiger partial charge in [0.05, 0.1) is 12.1 Å². The zero-order valence-electron chi connectivity index (χ0n) is 12.4. The molecule has 0 bridgehead atoms. The largest absolute Gasteiger partial charge is 0.285 e. The first-order valence-electron chi connectivity index (χ1n) is 7.15. The van der Waals surface area contributed by atoms with Crippen LogP contribution >= 0.6 is 11.6 Å². The van der Waals surface area contributed by atoms with E-state index in [-0.39, 0.29) is 18.0 Å². The molecule has 3 amide bonds. The lowest BCUT2D eigenvalue weighted by Crippen LogP contribution is -2.48. The normalized spacial score (nSPS) is 17.2. The molecule has 0 unspecified atom stereocenters. The van der Waals surface area contributed by atoms with E-state index in [0.29, 0.717) is 10.7 Å². The molecule has 0 radical (unpaired) electrons. The summed E-state index contributed by atoms with van der Waals surface area (Å²) in [6.07, 6.45) is 1.44. The van der Waals surface area contributed by atoms with Crippen LogP contribution in [0.5, 0.6) is 0 Å². The van der Waals surface area contributed by atoms with Crippen LogP contribution in [0.4, 0.5) is 5.69 Å². The number of hydrazine groups is 1. The first kappa shape index (κ1) is 16.1. The third-order valence-electron chi connectivity index (χ3n) is 3.49. The summed E-state index contributed by atoms with van der Waals surface area (Å²) in [5.74, 6) is -1.28. The van der Waals surface area contributed by atoms with Crippen molar-refractivity contribution in [3.8, 4) is 0 Å². The molecule has 7 nitrogen and oxygen atoms in total. The van der Waals surface area contributed by atoms with Gasteiger partial charge in [0, 0.05) is 11.2 Å². The second kappa shape index (κ2) is 6.77. The van der Waals surface area contributed by atoms with Crippen LogP contribution < -0.4 is 15.8 Å². The lowest BCUT2D eigenvalue weighted by atomic mass is 10.2. The van der Waals surface area contributed by atoms with E-state index in [1.54, 1.807) is 42.5 Å². The van der Waals surface area contributed by atoms with Gasteiger partial charge >= 0.3 is 0 Å². The van der Waals surface area contributed by atoms with Gasteiger partial charge in [0.25, 0.3) is 11.8 Å². The molecule has 0 saturated carbocycles. The third kappa shape index (κ3) is 3.27. The topological polar surface area (TPSA) is 91.4 Å². The van der Waals surface area contributed by atoms with Gasteiger partial charge in [0.15, 0.2) is 0 Å². The fourth-order valence-corrected chi connectivity index (χ4v) is 2.45. The van der Waals surface area contributed by atoms with Crippen molar-refractivity contribution in [2.45, 2.75) is 12.5 Å². The SMILES string of the molecule is O=C(NN[C@H]1CC(=O)N(c2ccc(Cl)cc2)C1=O)c1ccccn1. The van der Waals surface area contributed by atoms with Crippen molar-refractivity contribution < 1.29 is 14.4 Å². The Hall–Kier alpha value is -2.77. The number of aromatic nitrogens is 1. The van der Waals surface area contributed by atoms with Crippen molar-refractivity contribution >= 4 is 35.0 Å². The van der Waals surface area contributed by atoms with E-state index in [2.05, 4.69) is 15.8 Å². The average molecular weight is 345 g/mol. The molecule has 1 aliphatic heterocycles. The highest BCUT2D eigenvalue weighted by molar-refractivity contribution is 6.30. The molecule has 1 saturated heterocycles. The molecular weight excluding hydrogens is 332 g/mol. The van der Waals surface area contributed by atoms with Gasteiger partial charge in [-0.25, -0.2) is 10.3 Å². The number of benzene rings is 1. The molecule has 122 valence electrons. The van der Waals surface area contributed by atoms with Crippen molar-refractivity contribution in [1.82, 2.24) is 15.8 Å². The lowest BCUT2D eigenvalue weighted by molar-refractivity contribution is -0.121. The number of hydrogen-bond acceptors (Lipinski definition) is 5. The maximum Gasteiger partial charge on any atom is 0.283 e. The Kier molecular flexibility index (Phi) is 4.54. The van der Waals surface area contributed by atoms with Crippen LogP contribution in [0.1, 0.15) is 16.9 Å². The molecule has 2 N–H and O–H groups in total. The number of amides is 3. The quantitative estimate of drug-likeness (QED) is 0.644. The summed E-state index contributed by atoms with van der Waals surface area (Å²) < 4.78 is 0. The van der Waals surface area contributed by atoms with Crippen molar-refractivity contribution in [3.63, 3.8) is 0 Å². The lowest BCUT2D eigenvalue weighted by Gasteiger charge is -2.15. The van der Waals surface area contributed by atoms with Crippen molar-refractivity contribution in [2.24, 2.45) is 0 Å². The van der Waals surface area contributed by atoms with Crippen LogP contribution in [0.25, 0.3) is 0 Å². The van der Waals surface area contributed by atoms with Gasteiger partial charge < -0.3 is 0 Å². The van der Waals surface area contributed by atoms with Gasteiger partial charge in [-0.3, -0.25) is 24.8 Å². The van der Waals surface area contributed by atoms with Gasteiger partial charge in [0.2, 0.25) is 5.91 Å². The summed E-state index contributed by atoms with van der Waals surface area (Å²) in [5, 5.41) is 0.509. The fraction of sp³-hybridized carbons (Fsp3) is 0.125. The number of anilines is 1. The minimum Gasteiger partial charge on any atom is -0.285 e. The summed E-state index contributed by atoms with van der Waals surface area (Å²) >= 11 is 5.81. The average Bonchev–Trinajstić information content (AvgIpc) is 2.88. The number of carbonyl (C=O) groups excluding carboxylic acids is 3. The molecule has 24 heavy (non-hydrogen) atoms. The number of halogens is 1. The second-order valence-corrected chi connectivity index (χ2v) is 5.55. The molecule has 2 heterocycles. The van der Waals surface area contributed by atoms with Gasteiger partial charge in [-0.2, -0.15) is 0 Å². The zero-order valence-corrected chi connectivity index (χ0v) is 13.2. The minimum absolute atomic E-state index is 0.0516. The number of imide groups is 1. The van der Waals surface area contributed by atoms with E-state index in [4.69, 9.17) is 11.6 Å². The number of nitrogens with one attached hydrogen (secondary N) is 2. The monoisotopic (exact) mass is 344 g/mol. The van der Waals surface area contributed by atoms with Crippen molar-refractivity contribution in [2.75, 3.05) is 4.90 Å². The van der Waals surface area contributed by atoms with E-state index < -0.39 is 17.9 Å². The van der Waals surface area contributed by atoms with Crippen LogP contribution in [-0.4, -0.2) is 28.7 Å². The molecule has 1 aromatic carbocycles. The van der Waals surface area contributed by atoms with Crippen molar-refractivity contribution in [3.05, 3.63) is 59.4 Å². The minimum atomic E-state index is -0.833.